The van der Waals surface area contributed by atoms with Crippen molar-refractivity contribution in [1.29, 1.82) is 5.26 Å². The molecule has 0 rings (SSSR count). The van der Waals surface area contributed by atoms with Crippen molar-refractivity contribution < 1.29 is 0 Å². The summed E-state index contributed by atoms with van der Waals surface area (Å²) in [6, 6.07) is 1.18. The number of nitrogens with zero attached hydrogens (tertiary/aromatic N) is 3. The van der Waals surface area contributed by atoms with Gasteiger partial charge in [0.25, 0.3) is 0 Å². The van der Waals surface area contributed by atoms with Gasteiger partial charge in [-0.25, -0.2) is 5.01 Å². The minimum Gasteiger partial charge on any atom is -0.240 e. The van der Waals surface area contributed by atoms with Crippen LogP contribution in [0.15, 0.2) is 5.29 Å². The van der Waals surface area contributed by atoms with Crippen LogP contribution in [-0.2, 0) is 0 Å². The Balaban J connectivity index is 4.24. The van der Waals surface area contributed by atoms with Gasteiger partial charge in [-0.05, 0) is 13.8 Å². The summed E-state index contributed by atoms with van der Waals surface area (Å²) >= 11 is 5.42. The van der Waals surface area contributed by atoms with Crippen molar-refractivity contribution in [3.63, 3.8) is 0 Å². The number of hydrogen-bond acceptors (Lipinski definition) is 3. The molecule has 0 saturated carbocycles. The van der Waals surface area contributed by atoms with Gasteiger partial charge in [0.2, 0.25) is 0 Å². The van der Waals surface area contributed by atoms with Crippen molar-refractivity contribution in [2.24, 2.45) is 5.29 Å². The van der Waals surface area contributed by atoms with Gasteiger partial charge < -0.3 is 0 Å². The van der Waals surface area contributed by atoms with Gasteiger partial charge in [-0.3, -0.25) is 0 Å². The zero-order valence-electron chi connectivity index (χ0n) is 6.49. The molecule has 0 amide bonds. The quantitative estimate of drug-likeness (QED) is 0.370. The molecule has 0 aromatic rings. The van der Waals surface area contributed by atoms with Crippen LogP contribution in [0, 0.1) is 16.2 Å². The highest BCUT2D eigenvalue weighted by molar-refractivity contribution is 6.18. The van der Waals surface area contributed by atoms with E-state index < -0.39 is 6.04 Å². The van der Waals surface area contributed by atoms with E-state index in [2.05, 4.69) is 5.29 Å². The molecule has 1 unspecified atom stereocenters. The van der Waals surface area contributed by atoms with Gasteiger partial charge in [0.1, 0.15) is 0 Å². The Bertz CT molecular complexity index is 166. The highest BCUT2D eigenvalue weighted by Crippen LogP contribution is 2.06. The Morgan fingerprint density at radius 1 is 1.73 bits per heavy atom. The lowest BCUT2D eigenvalue weighted by Crippen LogP contribution is -2.35. The molecule has 11 heavy (non-hydrogen) atoms. The lowest BCUT2D eigenvalue weighted by atomic mass is 10.3. The Kier molecular flexibility index (Phi) is 4.55. The van der Waals surface area contributed by atoms with Crippen LogP contribution in [0.3, 0.4) is 0 Å². The number of nitroso groups, excluding NO2 is 1. The summed E-state index contributed by atoms with van der Waals surface area (Å²) in [4.78, 5) is 10.2. The molecular formula is C6H10ClN3O. The summed E-state index contributed by atoms with van der Waals surface area (Å²) in [6.45, 7) is 3.55. The Hall–Kier alpha value is -0.820. The van der Waals surface area contributed by atoms with Crippen molar-refractivity contribution in [1.82, 2.24) is 5.01 Å². The van der Waals surface area contributed by atoms with Gasteiger partial charge in [0, 0.05) is 6.04 Å². The third-order valence-electron chi connectivity index (χ3n) is 1.24. The van der Waals surface area contributed by atoms with Gasteiger partial charge in [-0.2, -0.15) is 5.26 Å². The molecule has 1 atom stereocenters. The fraction of sp³-hybridized carbons (Fsp3) is 0.833. The molecule has 0 heterocycles. The van der Waals surface area contributed by atoms with Crippen LogP contribution in [0.25, 0.3) is 0 Å². The van der Waals surface area contributed by atoms with E-state index in [0.29, 0.717) is 0 Å². The van der Waals surface area contributed by atoms with Gasteiger partial charge >= 0.3 is 0 Å². The molecule has 0 aliphatic heterocycles. The molecule has 4 nitrogen and oxygen atoms in total. The second-order valence-corrected chi connectivity index (χ2v) is 2.66. The van der Waals surface area contributed by atoms with Crippen molar-refractivity contribution in [2.75, 3.05) is 5.88 Å². The molecule has 0 radical (unpaired) electrons. The molecule has 0 aromatic carbocycles. The minimum atomic E-state index is -0.617. The predicted molar refractivity (Wildman–Crippen MR) is 42.9 cm³/mol. The molecule has 0 spiro atoms. The monoisotopic (exact) mass is 175 g/mol. The number of nitriles is 1. The zero-order chi connectivity index (χ0) is 8.85. The SMILES string of the molecule is CC(C)N(N=O)C(C#N)CCl. The Labute approximate surface area is 70.7 Å². The van der Waals surface area contributed by atoms with Crippen molar-refractivity contribution in [3.05, 3.63) is 4.91 Å². The Morgan fingerprint density at radius 2 is 2.27 bits per heavy atom. The summed E-state index contributed by atoms with van der Waals surface area (Å²) in [5.74, 6) is 0.0976. The maximum absolute atomic E-state index is 10.2. The van der Waals surface area contributed by atoms with E-state index in [-0.39, 0.29) is 11.9 Å². The average Bonchev–Trinajstić information content (AvgIpc) is 1.99. The molecule has 0 fully saturated rings. The maximum atomic E-state index is 10.2. The van der Waals surface area contributed by atoms with E-state index in [9.17, 15) is 4.91 Å². The first-order valence-electron chi connectivity index (χ1n) is 3.24. The highest BCUT2D eigenvalue weighted by atomic mass is 35.5. The van der Waals surface area contributed by atoms with Crippen LogP contribution < -0.4 is 0 Å². The van der Waals surface area contributed by atoms with Crippen LogP contribution in [-0.4, -0.2) is 23.0 Å². The molecular weight excluding hydrogens is 166 g/mol. The summed E-state index contributed by atoms with van der Waals surface area (Å²) in [6.07, 6.45) is 0. The van der Waals surface area contributed by atoms with Crippen molar-refractivity contribution in [2.45, 2.75) is 25.9 Å². The van der Waals surface area contributed by atoms with E-state index in [4.69, 9.17) is 16.9 Å². The summed E-state index contributed by atoms with van der Waals surface area (Å²) in [5, 5.41) is 12.4. The molecule has 62 valence electrons. The van der Waals surface area contributed by atoms with Crippen molar-refractivity contribution >= 4 is 11.6 Å². The van der Waals surface area contributed by atoms with Crippen LogP contribution in [0.1, 0.15) is 13.8 Å². The second kappa shape index (κ2) is 4.91. The number of alkyl halides is 1. The first kappa shape index (κ1) is 10.2. The number of rotatable bonds is 4. The standard InChI is InChI=1S/C6H10ClN3O/c1-5(2)10(9-11)6(3-7)4-8/h5-6H,3H2,1-2H3. The fourth-order valence-electron chi connectivity index (χ4n) is 0.675. The number of halogens is 1. The van der Waals surface area contributed by atoms with E-state index in [1.807, 2.05) is 6.07 Å². The van der Waals surface area contributed by atoms with Gasteiger partial charge in [-0.1, -0.05) is 0 Å². The Morgan fingerprint density at radius 3 is 2.36 bits per heavy atom. The van der Waals surface area contributed by atoms with E-state index in [0.717, 1.165) is 5.01 Å². The summed E-state index contributed by atoms with van der Waals surface area (Å²) in [7, 11) is 0. The first-order valence-corrected chi connectivity index (χ1v) is 3.78. The van der Waals surface area contributed by atoms with Gasteiger partial charge in [0.05, 0.1) is 17.2 Å². The lowest BCUT2D eigenvalue weighted by Gasteiger charge is -2.22. The van der Waals surface area contributed by atoms with Crippen LogP contribution in [0.5, 0.6) is 0 Å². The maximum Gasteiger partial charge on any atom is 0.150 e. The summed E-state index contributed by atoms with van der Waals surface area (Å²) in [5.41, 5.74) is 0. The average molecular weight is 176 g/mol. The first-order chi connectivity index (χ1) is 5.17. The fourth-order valence-corrected chi connectivity index (χ4v) is 0.886. The molecule has 0 aliphatic rings. The van der Waals surface area contributed by atoms with E-state index in [1.54, 1.807) is 13.8 Å². The predicted octanol–water partition coefficient (Wildman–Crippen LogP) is 1.51. The third kappa shape index (κ3) is 2.72. The zero-order valence-corrected chi connectivity index (χ0v) is 7.25. The molecule has 0 aromatic heterocycles. The van der Waals surface area contributed by atoms with Crippen molar-refractivity contribution in [3.8, 4) is 6.07 Å². The summed E-state index contributed by atoms with van der Waals surface area (Å²) < 4.78 is 0. The lowest BCUT2D eigenvalue weighted by molar-refractivity contribution is 0.204. The largest absolute Gasteiger partial charge is 0.240 e. The minimum absolute atomic E-state index is 0.0871. The molecule has 0 bridgehead atoms. The van der Waals surface area contributed by atoms with Gasteiger partial charge in [0.15, 0.2) is 6.04 Å². The van der Waals surface area contributed by atoms with Crippen LogP contribution >= 0.6 is 11.6 Å². The van der Waals surface area contributed by atoms with Crippen LogP contribution in [0.4, 0.5) is 0 Å². The smallest absolute Gasteiger partial charge is 0.150 e. The van der Waals surface area contributed by atoms with E-state index >= 15 is 0 Å². The molecule has 0 aliphatic carbocycles. The molecule has 0 N–H and O–H groups in total. The van der Waals surface area contributed by atoms with Gasteiger partial charge in [-0.15, -0.1) is 16.5 Å². The molecule has 5 heteroatoms. The second-order valence-electron chi connectivity index (χ2n) is 2.35. The normalized spacial score (nSPS) is 12.3. The number of hydrogen-bond donors (Lipinski definition) is 0. The highest BCUT2D eigenvalue weighted by Gasteiger charge is 2.18. The van der Waals surface area contributed by atoms with Crippen LogP contribution in [0.2, 0.25) is 0 Å². The third-order valence-corrected chi connectivity index (χ3v) is 1.53. The van der Waals surface area contributed by atoms with E-state index in [1.165, 1.54) is 0 Å². The molecule has 0 saturated heterocycles. The topological polar surface area (TPSA) is 56.5 Å².